The van der Waals surface area contributed by atoms with E-state index in [1.165, 1.54) is 6.08 Å². The van der Waals surface area contributed by atoms with E-state index < -0.39 is 0 Å². The Bertz CT molecular complexity index is 985. The van der Waals surface area contributed by atoms with Crippen LogP contribution in [0.4, 0.5) is 0 Å². The first kappa shape index (κ1) is 20.3. The molecule has 0 aliphatic heterocycles. The molecule has 0 saturated carbocycles. The van der Waals surface area contributed by atoms with Crippen LogP contribution in [0.25, 0.3) is 17.1 Å². The average molecular weight is 395 g/mol. The quantitative estimate of drug-likeness (QED) is 0.445. The van der Waals surface area contributed by atoms with Gasteiger partial charge < -0.3 is 24.1 Å². The van der Waals surface area contributed by atoms with E-state index in [-0.39, 0.29) is 5.91 Å². The van der Waals surface area contributed by atoms with Crippen LogP contribution < -0.4 is 19.5 Å². The van der Waals surface area contributed by atoms with E-state index in [1.807, 2.05) is 30.6 Å². The molecule has 0 bridgehead atoms. The normalized spacial score (nSPS) is 11.0. The fourth-order valence-corrected chi connectivity index (χ4v) is 3.08. The van der Waals surface area contributed by atoms with Crippen LogP contribution in [0.2, 0.25) is 0 Å². The smallest absolute Gasteiger partial charge is 0.244 e. The molecule has 152 valence electrons. The lowest BCUT2D eigenvalue weighted by Gasteiger charge is -2.12. The summed E-state index contributed by atoms with van der Waals surface area (Å²) in [5, 5.41) is 2.90. The van der Waals surface area contributed by atoms with E-state index in [0.717, 1.165) is 29.6 Å². The highest BCUT2D eigenvalue weighted by atomic mass is 16.5. The Morgan fingerprint density at radius 2 is 1.83 bits per heavy atom. The highest BCUT2D eigenvalue weighted by molar-refractivity contribution is 5.91. The van der Waals surface area contributed by atoms with Crippen LogP contribution in [0.1, 0.15) is 12.0 Å². The SMILES string of the molecule is COc1cc(/C=C/C(=O)NCCCn2cnc3ccccc32)cc(OC)c1OC. The van der Waals surface area contributed by atoms with E-state index in [0.29, 0.717) is 23.8 Å². The molecule has 7 heteroatoms. The molecule has 1 aromatic heterocycles. The standard InChI is InChI=1S/C22H25N3O4/c1-27-19-13-16(14-20(28-2)22(19)29-3)9-10-21(26)23-11-6-12-25-15-24-17-7-4-5-8-18(17)25/h4-5,7-10,13-15H,6,11-12H2,1-3H3,(H,23,26)/b10-9+. The summed E-state index contributed by atoms with van der Waals surface area (Å²) in [6, 6.07) is 11.6. The molecule has 0 aliphatic carbocycles. The van der Waals surface area contributed by atoms with Gasteiger partial charge in [-0.15, -0.1) is 0 Å². The van der Waals surface area contributed by atoms with E-state index in [1.54, 1.807) is 39.5 Å². The van der Waals surface area contributed by atoms with Gasteiger partial charge in [-0.1, -0.05) is 12.1 Å². The summed E-state index contributed by atoms with van der Waals surface area (Å²) in [7, 11) is 4.66. The number of ether oxygens (including phenoxy) is 3. The number of hydrogen-bond acceptors (Lipinski definition) is 5. The lowest BCUT2D eigenvalue weighted by Crippen LogP contribution is -2.23. The molecule has 0 unspecified atom stereocenters. The molecule has 1 N–H and O–H groups in total. The monoisotopic (exact) mass is 395 g/mol. The number of nitrogens with one attached hydrogen (secondary N) is 1. The molecule has 3 aromatic rings. The number of methoxy groups -OCH3 is 3. The molecule has 0 spiro atoms. The summed E-state index contributed by atoms with van der Waals surface area (Å²) in [6.07, 6.45) is 5.84. The second kappa shape index (κ2) is 9.64. The third-order valence-corrected chi connectivity index (χ3v) is 4.52. The van der Waals surface area contributed by atoms with Crippen LogP contribution in [0.5, 0.6) is 17.2 Å². The number of imidazole rings is 1. The maximum atomic E-state index is 12.1. The first-order chi connectivity index (χ1) is 14.2. The van der Waals surface area contributed by atoms with Gasteiger partial charge in [-0.2, -0.15) is 0 Å². The van der Waals surface area contributed by atoms with E-state index >= 15 is 0 Å². The van der Waals surface area contributed by atoms with Gasteiger partial charge in [0, 0.05) is 19.2 Å². The molecule has 0 atom stereocenters. The number of fused-ring (bicyclic) bond motifs is 1. The number of amides is 1. The zero-order valence-electron chi connectivity index (χ0n) is 16.8. The van der Waals surface area contributed by atoms with Crippen LogP contribution >= 0.6 is 0 Å². The molecule has 0 aliphatic rings. The van der Waals surface area contributed by atoms with Crippen molar-refractivity contribution in [2.24, 2.45) is 0 Å². The van der Waals surface area contributed by atoms with Crippen LogP contribution in [0.15, 0.2) is 48.8 Å². The summed E-state index contributed by atoms with van der Waals surface area (Å²) < 4.78 is 18.0. The number of carbonyl (C=O) groups excluding carboxylic acids is 1. The molecule has 0 fully saturated rings. The van der Waals surface area contributed by atoms with Gasteiger partial charge in [-0.05, 0) is 42.3 Å². The number of rotatable bonds is 9. The second-order valence-corrected chi connectivity index (χ2v) is 6.36. The zero-order valence-corrected chi connectivity index (χ0v) is 16.8. The van der Waals surface area contributed by atoms with Crippen molar-refractivity contribution in [1.82, 2.24) is 14.9 Å². The predicted octanol–water partition coefficient (Wildman–Crippen LogP) is 3.28. The number of benzene rings is 2. The maximum absolute atomic E-state index is 12.1. The van der Waals surface area contributed by atoms with Crippen molar-refractivity contribution in [2.45, 2.75) is 13.0 Å². The minimum atomic E-state index is -0.158. The molecule has 3 rings (SSSR count). The summed E-state index contributed by atoms with van der Waals surface area (Å²) in [4.78, 5) is 16.5. The Labute approximate surface area is 169 Å². The van der Waals surface area contributed by atoms with Gasteiger partial charge in [0.25, 0.3) is 0 Å². The van der Waals surface area contributed by atoms with Crippen molar-refractivity contribution in [3.05, 3.63) is 54.4 Å². The Kier molecular flexibility index (Phi) is 6.73. The third-order valence-electron chi connectivity index (χ3n) is 4.52. The van der Waals surface area contributed by atoms with Crippen molar-refractivity contribution in [2.75, 3.05) is 27.9 Å². The third kappa shape index (κ3) is 4.87. The molecule has 1 heterocycles. The van der Waals surface area contributed by atoms with Crippen molar-refractivity contribution >= 4 is 23.0 Å². The fourth-order valence-electron chi connectivity index (χ4n) is 3.08. The molecule has 0 saturated heterocycles. The van der Waals surface area contributed by atoms with Crippen LogP contribution in [0, 0.1) is 0 Å². The number of aryl methyl sites for hydroxylation is 1. The number of nitrogens with zero attached hydrogens (tertiary/aromatic N) is 2. The van der Waals surface area contributed by atoms with E-state index in [4.69, 9.17) is 14.2 Å². The lowest BCUT2D eigenvalue weighted by atomic mass is 10.1. The Hall–Kier alpha value is -3.48. The van der Waals surface area contributed by atoms with Gasteiger partial charge in [0.15, 0.2) is 11.5 Å². The second-order valence-electron chi connectivity index (χ2n) is 6.36. The van der Waals surface area contributed by atoms with Crippen molar-refractivity contribution < 1.29 is 19.0 Å². The lowest BCUT2D eigenvalue weighted by molar-refractivity contribution is -0.116. The summed E-state index contributed by atoms with van der Waals surface area (Å²) in [5.74, 6) is 1.44. The molecular formula is C22H25N3O4. The van der Waals surface area contributed by atoms with Crippen molar-refractivity contribution in [3.8, 4) is 17.2 Å². The van der Waals surface area contributed by atoms with Gasteiger partial charge in [0.2, 0.25) is 11.7 Å². The predicted molar refractivity (Wildman–Crippen MR) is 112 cm³/mol. The van der Waals surface area contributed by atoms with Gasteiger partial charge in [-0.3, -0.25) is 4.79 Å². The van der Waals surface area contributed by atoms with Crippen LogP contribution in [-0.4, -0.2) is 43.3 Å². The minimum Gasteiger partial charge on any atom is -0.493 e. The van der Waals surface area contributed by atoms with Crippen LogP contribution in [0.3, 0.4) is 0 Å². The van der Waals surface area contributed by atoms with Gasteiger partial charge in [0.1, 0.15) is 0 Å². The van der Waals surface area contributed by atoms with Gasteiger partial charge in [0.05, 0.1) is 38.7 Å². The highest BCUT2D eigenvalue weighted by Gasteiger charge is 2.12. The summed E-state index contributed by atoms with van der Waals surface area (Å²) >= 11 is 0. The fraction of sp³-hybridized carbons (Fsp3) is 0.273. The van der Waals surface area contributed by atoms with Crippen LogP contribution in [-0.2, 0) is 11.3 Å². The largest absolute Gasteiger partial charge is 0.493 e. The van der Waals surface area contributed by atoms with E-state index in [9.17, 15) is 4.79 Å². The molecule has 0 radical (unpaired) electrons. The number of carbonyl (C=O) groups is 1. The molecule has 29 heavy (non-hydrogen) atoms. The molecule has 2 aromatic carbocycles. The highest BCUT2D eigenvalue weighted by Crippen LogP contribution is 2.38. The first-order valence-corrected chi connectivity index (χ1v) is 9.32. The molecular weight excluding hydrogens is 370 g/mol. The maximum Gasteiger partial charge on any atom is 0.244 e. The van der Waals surface area contributed by atoms with Crippen molar-refractivity contribution in [3.63, 3.8) is 0 Å². The van der Waals surface area contributed by atoms with Crippen molar-refractivity contribution in [1.29, 1.82) is 0 Å². The Morgan fingerprint density at radius 3 is 2.52 bits per heavy atom. The number of hydrogen-bond donors (Lipinski definition) is 1. The summed E-state index contributed by atoms with van der Waals surface area (Å²) in [6.45, 7) is 1.36. The number of aromatic nitrogens is 2. The van der Waals surface area contributed by atoms with Gasteiger partial charge >= 0.3 is 0 Å². The summed E-state index contributed by atoms with van der Waals surface area (Å²) in [5.41, 5.74) is 2.85. The topological polar surface area (TPSA) is 74.6 Å². The average Bonchev–Trinajstić information content (AvgIpc) is 3.17. The molecule has 1 amide bonds. The Balaban J connectivity index is 1.53. The minimum absolute atomic E-state index is 0.158. The first-order valence-electron chi connectivity index (χ1n) is 9.32. The van der Waals surface area contributed by atoms with Gasteiger partial charge in [-0.25, -0.2) is 4.98 Å². The molecule has 7 nitrogen and oxygen atoms in total. The number of para-hydroxylation sites is 2. The van der Waals surface area contributed by atoms with E-state index in [2.05, 4.69) is 14.9 Å². The Morgan fingerprint density at radius 1 is 1.10 bits per heavy atom. The zero-order chi connectivity index (χ0) is 20.6.